The second-order valence-corrected chi connectivity index (χ2v) is 7.44. The van der Waals surface area contributed by atoms with Gasteiger partial charge in [0.1, 0.15) is 17.6 Å². The zero-order valence-electron chi connectivity index (χ0n) is 17.3. The summed E-state index contributed by atoms with van der Waals surface area (Å²) in [7, 11) is 0. The highest BCUT2D eigenvalue weighted by Gasteiger charge is 2.35. The standard InChI is InChI=1S/C24H20N4O4/c1-16-4-6-17(7-5-16)20-13-21(22-3-2-12-30-22)28(27-20)23(29)14-31-19-10-8-18(9-11-19)24-26-25-15-32-24/h2-12,15,21H,13-14H2,1H3/t21-/m1/s1. The monoisotopic (exact) mass is 428 g/mol. The largest absolute Gasteiger partial charge is 0.484 e. The Morgan fingerprint density at radius 3 is 2.53 bits per heavy atom. The zero-order valence-corrected chi connectivity index (χ0v) is 17.3. The van der Waals surface area contributed by atoms with Crippen molar-refractivity contribution in [2.75, 3.05) is 6.61 Å². The van der Waals surface area contributed by atoms with Crippen LogP contribution in [0.4, 0.5) is 0 Å². The number of hydrogen-bond donors (Lipinski definition) is 0. The van der Waals surface area contributed by atoms with Gasteiger partial charge in [0.15, 0.2) is 6.61 Å². The van der Waals surface area contributed by atoms with E-state index in [1.54, 1.807) is 30.5 Å². The van der Waals surface area contributed by atoms with Gasteiger partial charge in [-0.15, -0.1) is 10.2 Å². The molecule has 0 saturated carbocycles. The first-order valence-electron chi connectivity index (χ1n) is 10.2. The first-order valence-corrected chi connectivity index (χ1v) is 10.2. The summed E-state index contributed by atoms with van der Waals surface area (Å²) in [5, 5.41) is 13.6. The number of carbonyl (C=O) groups excluding carboxylic acids is 1. The molecule has 8 nitrogen and oxygen atoms in total. The fourth-order valence-corrected chi connectivity index (χ4v) is 3.57. The van der Waals surface area contributed by atoms with Crippen LogP contribution in [0.5, 0.6) is 5.75 Å². The van der Waals surface area contributed by atoms with E-state index in [-0.39, 0.29) is 18.6 Å². The van der Waals surface area contributed by atoms with Crippen molar-refractivity contribution in [1.29, 1.82) is 0 Å². The summed E-state index contributed by atoms with van der Waals surface area (Å²) in [6.07, 6.45) is 3.44. The van der Waals surface area contributed by atoms with Gasteiger partial charge in [-0.25, -0.2) is 5.01 Å². The van der Waals surface area contributed by atoms with Gasteiger partial charge in [0.05, 0.1) is 12.0 Å². The smallest absolute Gasteiger partial charge is 0.281 e. The number of carbonyl (C=O) groups is 1. The van der Waals surface area contributed by atoms with Crippen LogP contribution in [0, 0.1) is 6.92 Å². The van der Waals surface area contributed by atoms with Gasteiger partial charge in [-0.2, -0.15) is 5.10 Å². The third kappa shape index (κ3) is 4.02. The van der Waals surface area contributed by atoms with Crippen molar-refractivity contribution in [2.45, 2.75) is 19.4 Å². The molecule has 3 heterocycles. The van der Waals surface area contributed by atoms with Crippen molar-refractivity contribution in [2.24, 2.45) is 5.10 Å². The Morgan fingerprint density at radius 1 is 1.06 bits per heavy atom. The molecule has 0 fully saturated rings. The average Bonchev–Trinajstić information content (AvgIpc) is 3.59. The quantitative estimate of drug-likeness (QED) is 0.452. The Kier molecular flexibility index (Phi) is 5.25. The number of nitrogens with zero attached hydrogens (tertiary/aromatic N) is 4. The molecular formula is C24H20N4O4. The van der Waals surface area contributed by atoms with E-state index < -0.39 is 0 Å². The summed E-state index contributed by atoms with van der Waals surface area (Å²) in [6, 6.07) is 18.5. The molecule has 0 spiro atoms. The number of ether oxygens (including phenoxy) is 1. The number of aromatic nitrogens is 2. The van der Waals surface area contributed by atoms with Gasteiger partial charge in [-0.3, -0.25) is 4.79 Å². The second-order valence-electron chi connectivity index (χ2n) is 7.44. The second kappa shape index (κ2) is 8.50. The molecule has 160 valence electrons. The molecule has 4 aromatic rings. The normalized spacial score (nSPS) is 15.6. The topological polar surface area (TPSA) is 94.0 Å². The highest BCUT2D eigenvalue weighted by molar-refractivity contribution is 6.03. The summed E-state index contributed by atoms with van der Waals surface area (Å²) in [6.45, 7) is 1.88. The SMILES string of the molecule is Cc1ccc(C2=NN(C(=O)COc3ccc(-c4nnco4)cc3)[C@@H](c3ccco3)C2)cc1. The molecule has 0 bridgehead atoms. The molecule has 1 atom stereocenters. The molecule has 0 saturated heterocycles. The molecule has 1 amide bonds. The number of aryl methyl sites for hydroxylation is 1. The number of hydrogen-bond acceptors (Lipinski definition) is 7. The lowest BCUT2D eigenvalue weighted by Gasteiger charge is -2.20. The summed E-state index contributed by atoms with van der Waals surface area (Å²) < 4.78 is 16.5. The van der Waals surface area contributed by atoms with Crippen LogP contribution in [0.1, 0.15) is 29.3 Å². The predicted octanol–water partition coefficient (Wildman–Crippen LogP) is 4.39. The maximum Gasteiger partial charge on any atom is 0.281 e. The number of benzene rings is 2. The summed E-state index contributed by atoms with van der Waals surface area (Å²) in [4.78, 5) is 13.0. The van der Waals surface area contributed by atoms with E-state index in [0.29, 0.717) is 23.8 Å². The van der Waals surface area contributed by atoms with Crippen LogP contribution in [0.25, 0.3) is 11.5 Å². The van der Waals surface area contributed by atoms with E-state index in [9.17, 15) is 4.79 Å². The molecule has 5 rings (SSSR count). The highest BCUT2D eigenvalue weighted by atomic mass is 16.5. The Balaban J connectivity index is 1.31. The van der Waals surface area contributed by atoms with Crippen LogP contribution in [0.2, 0.25) is 0 Å². The third-order valence-electron chi connectivity index (χ3n) is 5.25. The van der Waals surface area contributed by atoms with Gasteiger partial charge in [0.25, 0.3) is 5.91 Å². The van der Waals surface area contributed by atoms with Crippen LogP contribution < -0.4 is 4.74 Å². The molecule has 2 aromatic heterocycles. The molecule has 1 aliphatic heterocycles. The van der Waals surface area contributed by atoms with E-state index in [1.165, 1.54) is 17.0 Å². The minimum Gasteiger partial charge on any atom is -0.484 e. The van der Waals surface area contributed by atoms with Crippen molar-refractivity contribution in [3.63, 3.8) is 0 Å². The lowest BCUT2D eigenvalue weighted by Crippen LogP contribution is -2.31. The number of rotatable bonds is 6. The van der Waals surface area contributed by atoms with Crippen LogP contribution in [-0.4, -0.2) is 33.4 Å². The number of amides is 1. The molecule has 0 N–H and O–H groups in total. The van der Waals surface area contributed by atoms with Crippen molar-refractivity contribution in [3.8, 4) is 17.2 Å². The summed E-state index contributed by atoms with van der Waals surface area (Å²) >= 11 is 0. The molecular weight excluding hydrogens is 408 g/mol. The van der Waals surface area contributed by atoms with Gasteiger partial charge in [0.2, 0.25) is 12.3 Å². The van der Waals surface area contributed by atoms with E-state index in [1.807, 2.05) is 43.3 Å². The van der Waals surface area contributed by atoms with E-state index >= 15 is 0 Å². The van der Waals surface area contributed by atoms with E-state index in [4.69, 9.17) is 13.6 Å². The maximum absolute atomic E-state index is 13.0. The maximum atomic E-state index is 13.0. The fourth-order valence-electron chi connectivity index (χ4n) is 3.57. The highest BCUT2D eigenvalue weighted by Crippen LogP contribution is 2.33. The van der Waals surface area contributed by atoms with Crippen molar-refractivity contribution < 1.29 is 18.4 Å². The first-order chi connectivity index (χ1) is 15.7. The minimum atomic E-state index is -0.308. The lowest BCUT2D eigenvalue weighted by atomic mass is 10.0. The Bertz CT molecular complexity index is 1210. The molecule has 32 heavy (non-hydrogen) atoms. The molecule has 8 heteroatoms. The van der Waals surface area contributed by atoms with Gasteiger partial charge in [0, 0.05) is 12.0 Å². The summed E-state index contributed by atoms with van der Waals surface area (Å²) in [5.41, 5.74) is 3.76. The third-order valence-corrected chi connectivity index (χ3v) is 5.25. The van der Waals surface area contributed by atoms with E-state index in [0.717, 1.165) is 16.8 Å². The fraction of sp³-hybridized carbons (Fsp3) is 0.167. The predicted molar refractivity (Wildman–Crippen MR) is 116 cm³/mol. The Hall–Kier alpha value is -4.20. The lowest BCUT2D eigenvalue weighted by molar-refractivity contribution is -0.135. The number of furan rings is 1. The molecule has 0 aliphatic carbocycles. The van der Waals surface area contributed by atoms with Crippen LogP contribution >= 0.6 is 0 Å². The molecule has 0 radical (unpaired) electrons. The molecule has 1 aliphatic rings. The minimum absolute atomic E-state index is 0.151. The van der Waals surface area contributed by atoms with Gasteiger partial charge in [-0.1, -0.05) is 29.8 Å². The Morgan fingerprint density at radius 2 is 1.84 bits per heavy atom. The average molecular weight is 428 g/mol. The Labute approximate surface area is 184 Å². The first kappa shape index (κ1) is 19.7. The van der Waals surface area contributed by atoms with Gasteiger partial charge < -0.3 is 13.6 Å². The van der Waals surface area contributed by atoms with Crippen molar-refractivity contribution in [1.82, 2.24) is 15.2 Å². The molecule has 2 aromatic carbocycles. The van der Waals surface area contributed by atoms with E-state index in [2.05, 4.69) is 15.3 Å². The van der Waals surface area contributed by atoms with Gasteiger partial charge >= 0.3 is 0 Å². The number of hydrazone groups is 1. The van der Waals surface area contributed by atoms with Crippen LogP contribution in [-0.2, 0) is 4.79 Å². The van der Waals surface area contributed by atoms with Crippen LogP contribution in [0.3, 0.4) is 0 Å². The molecule has 0 unspecified atom stereocenters. The zero-order chi connectivity index (χ0) is 21.9. The van der Waals surface area contributed by atoms with Crippen molar-refractivity contribution in [3.05, 3.63) is 90.2 Å². The summed E-state index contributed by atoms with van der Waals surface area (Å²) in [5.74, 6) is 1.41. The van der Waals surface area contributed by atoms with Crippen LogP contribution in [0.15, 0.2) is 87.3 Å². The van der Waals surface area contributed by atoms with Gasteiger partial charge in [-0.05, 0) is 48.9 Å². The van der Waals surface area contributed by atoms with Crippen molar-refractivity contribution >= 4 is 11.6 Å².